The number of aromatic nitrogens is 3. The first-order chi connectivity index (χ1) is 17.3. The summed E-state index contributed by atoms with van der Waals surface area (Å²) in [6.45, 7) is 4.36. The van der Waals surface area contributed by atoms with Crippen LogP contribution < -0.4 is 16.0 Å². The van der Waals surface area contributed by atoms with Crippen LogP contribution in [0.1, 0.15) is 36.9 Å². The normalized spacial score (nSPS) is 17.4. The molecular weight excluding hydrogens is 460 g/mol. The Bertz CT molecular complexity index is 1210. The van der Waals surface area contributed by atoms with Gasteiger partial charge >= 0.3 is 11.8 Å². The molecule has 36 heavy (non-hydrogen) atoms. The molecule has 1 aromatic carbocycles. The molecule has 0 bridgehead atoms. The lowest BCUT2D eigenvalue weighted by Gasteiger charge is -2.27. The van der Waals surface area contributed by atoms with Gasteiger partial charge in [0.15, 0.2) is 6.39 Å². The molecule has 4 N–H and O–H groups in total. The summed E-state index contributed by atoms with van der Waals surface area (Å²) in [5.41, 5.74) is 1.84. The Hall–Kier alpha value is -4.18. The zero-order chi connectivity index (χ0) is 25.5. The Morgan fingerprint density at radius 2 is 2.00 bits per heavy atom. The highest BCUT2D eigenvalue weighted by molar-refractivity contribution is 6.35. The van der Waals surface area contributed by atoms with Crippen LogP contribution >= 0.6 is 0 Å². The minimum absolute atomic E-state index is 0.169. The summed E-state index contributed by atoms with van der Waals surface area (Å²) in [4.78, 5) is 36.4. The van der Waals surface area contributed by atoms with E-state index < -0.39 is 17.4 Å². The largest absolute Gasteiger partial charge is 0.448 e. The van der Waals surface area contributed by atoms with Gasteiger partial charge in [0, 0.05) is 36.4 Å². The van der Waals surface area contributed by atoms with Crippen molar-refractivity contribution in [3.05, 3.63) is 90.3 Å². The Labute approximate surface area is 209 Å². The molecule has 2 atom stereocenters. The van der Waals surface area contributed by atoms with Crippen molar-refractivity contribution < 1.29 is 18.7 Å². The summed E-state index contributed by atoms with van der Waals surface area (Å²) in [6.07, 6.45) is 12.0. The monoisotopic (exact) mass is 490 g/mol. The van der Waals surface area contributed by atoms with Crippen molar-refractivity contribution in [2.45, 2.75) is 44.4 Å². The van der Waals surface area contributed by atoms with E-state index in [1.807, 2.05) is 44.2 Å². The molecule has 0 saturated carbocycles. The molecule has 2 aromatic heterocycles. The number of benzene rings is 1. The van der Waals surface area contributed by atoms with Gasteiger partial charge in [0.1, 0.15) is 11.6 Å². The maximum absolute atomic E-state index is 12.6. The maximum atomic E-state index is 12.6. The summed E-state index contributed by atoms with van der Waals surface area (Å²) in [6, 6.07) is 7.93. The minimum atomic E-state index is -0.746. The Balaban J connectivity index is 1.28. The molecule has 188 valence electrons. The maximum Gasteiger partial charge on any atom is 0.313 e. The van der Waals surface area contributed by atoms with Crippen molar-refractivity contribution in [1.82, 2.24) is 25.6 Å². The highest BCUT2D eigenvalue weighted by atomic mass is 16.5. The number of hydrogen-bond donors (Lipinski definition) is 4. The van der Waals surface area contributed by atoms with Gasteiger partial charge in [-0.05, 0) is 50.1 Å². The number of carbonyl (C=O) groups is 2. The van der Waals surface area contributed by atoms with Gasteiger partial charge in [0.05, 0.1) is 24.8 Å². The lowest BCUT2D eigenvalue weighted by Crippen LogP contribution is -2.50. The van der Waals surface area contributed by atoms with E-state index in [2.05, 4.69) is 30.9 Å². The first-order valence-corrected chi connectivity index (χ1v) is 11.6. The number of anilines is 1. The predicted octanol–water partition coefficient (Wildman–Crippen LogP) is 2.82. The van der Waals surface area contributed by atoms with Crippen LogP contribution in [0.2, 0.25) is 0 Å². The lowest BCUT2D eigenvalue weighted by atomic mass is 9.94. The summed E-state index contributed by atoms with van der Waals surface area (Å²) in [5, 5.41) is 8.77. The number of H-pyrrole nitrogens is 1. The third-order valence-electron chi connectivity index (χ3n) is 5.76. The van der Waals surface area contributed by atoms with E-state index in [9.17, 15) is 9.59 Å². The van der Waals surface area contributed by atoms with Crippen LogP contribution in [0.4, 0.5) is 5.69 Å². The van der Waals surface area contributed by atoms with Gasteiger partial charge in [-0.2, -0.15) is 0 Å². The lowest BCUT2D eigenvalue weighted by molar-refractivity contribution is -0.139. The summed E-state index contributed by atoms with van der Waals surface area (Å²) in [7, 11) is 1.57. The molecule has 0 saturated heterocycles. The van der Waals surface area contributed by atoms with Crippen molar-refractivity contribution in [3.63, 3.8) is 0 Å². The molecule has 2 unspecified atom stereocenters. The average Bonchev–Trinajstić information content (AvgIpc) is 3.57. The number of rotatable bonds is 9. The zero-order valence-corrected chi connectivity index (χ0v) is 20.4. The van der Waals surface area contributed by atoms with E-state index in [-0.39, 0.29) is 12.0 Å². The van der Waals surface area contributed by atoms with E-state index in [0.717, 1.165) is 17.1 Å². The Morgan fingerprint density at radius 3 is 2.67 bits per heavy atom. The van der Waals surface area contributed by atoms with Crippen LogP contribution in [0.25, 0.3) is 0 Å². The standard InChI is InChI=1S/C26H30N6O4/c1-26(2,13-17-4-6-18(7-5-17)30-15-23-28-10-11-29-23)32-25(34)24(33)31-19-8-9-20(21(12-19)35-3)22-14-27-16-36-22/h4-12,14,16,20-21,30H,13,15H2,1-3H3,(H,28,29)(H,31,33)(H,32,34). The van der Waals surface area contributed by atoms with Gasteiger partial charge in [-0.25, -0.2) is 9.97 Å². The number of nitrogens with zero attached hydrogens (tertiary/aromatic N) is 2. The van der Waals surface area contributed by atoms with E-state index in [1.165, 1.54) is 6.39 Å². The van der Waals surface area contributed by atoms with Crippen LogP contribution in [0.15, 0.2) is 77.6 Å². The smallest absolute Gasteiger partial charge is 0.313 e. The molecule has 0 spiro atoms. The van der Waals surface area contributed by atoms with Crippen LogP contribution in [0.5, 0.6) is 0 Å². The van der Waals surface area contributed by atoms with Gasteiger partial charge in [-0.1, -0.05) is 18.2 Å². The first kappa shape index (κ1) is 24.9. The summed E-state index contributed by atoms with van der Waals surface area (Å²) < 4.78 is 10.9. The zero-order valence-electron chi connectivity index (χ0n) is 20.4. The number of methoxy groups -OCH3 is 1. The van der Waals surface area contributed by atoms with Crippen molar-refractivity contribution in [2.24, 2.45) is 0 Å². The quantitative estimate of drug-likeness (QED) is 0.339. The third-order valence-corrected chi connectivity index (χ3v) is 5.76. The van der Waals surface area contributed by atoms with Crippen LogP contribution in [-0.4, -0.2) is 45.5 Å². The van der Waals surface area contributed by atoms with Crippen LogP contribution in [-0.2, 0) is 27.3 Å². The molecule has 10 heteroatoms. The van der Waals surface area contributed by atoms with Gasteiger partial charge in [0.2, 0.25) is 0 Å². The molecule has 2 amide bonds. The van der Waals surface area contributed by atoms with E-state index in [0.29, 0.717) is 24.4 Å². The number of nitrogens with one attached hydrogen (secondary N) is 4. The number of hydrogen-bond acceptors (Lipinski definition) is 7. The molecule has 0 fully saturated rings. The Morgan fingerprint density at radius 1 is 1.19 bits per heavy atom. The molecule has 0 radical (unpaired) electrons. The van der Waals surface area contributed by atoms with Crippen molar-refractivity contribution >= 4 is 17.5 Å². The predicted molar refractivity (Wildman–Crippen MR) is 134 cm³/mol. The van der Waals surface area contributed by atoms with Crippen molar-refractivity contribution in [3.8, 4) is 0 Å². The van der Waals surface area contributed by atoms with E-state index in [4.69, 9.17) is 9.15 Å². The van der Waals surface area contributed by atoms with Crippen molar-refractivity contribution in [1.29, 1.82) is 0 Å². The molecule has 1 aliphatic rings. The minimum Gasteiger partial charge on any atom is -0.448 e. The molecule has 4 rings (SSSR count). The number of imidazole rings is 1. The van der Waals surface area contributed by atoms with Gasteiger partial charge in [-0.3, -0.25) is 9.59 Å². The van der Waals surface area contributed by atoms with E-state index in [1.54, 1.807) is 37.9 Å². The second-order valence-electron chi connectivity index (χ2n) is 9.17. The highest BCUT2D eigenvalue weighted by Gasteiger charge is 2.28. The SMILES string of the molecule is COC1C=C(NC(=O)C(=O)NC(C)(C)Cc2ccc(NCc3ncc[nH]3)cc2)C=CC1c1cnco1. The summed E-state index contributed by atoms with van der Waals surface area (Å²) in [5.74, 6) is -0.118. The molecular formula is C26H30N6O4. The fourth-order valence-electron chi connectivity index (χ4n) is 4.03. The fraction of sp³-hybridized carbons (Fsp3) is 0.308. The number of oxazole rings is 1. The van der Waals surface area contributed by atoms with E-state index >= 15 is 0 Å². The number of carbonyl (C=O) groups excluding carboxylic acids is 2. The van der Waals surface area contributed by atoms with Crippen LogP contribution in [0, 0.1) is 0 Å². The fourth-order valence-corrected chi connectivity index (χ4v) is 4.03. The van der Waals surface area contributed by atoms with Crippen molar-refractivity contribution in [2.75, 3.05) is 12.4 Å². The second-order valence-corrected chi connectivity index (χ2v) is 9.17. The van der Waals surface area contributed by atoms with Gasteiger partial charge in [-0.15, -0.1) is 0 Å². The molecule has 1 aliphatic carbocycles. The van der Waals surface area contributed by atoms with Gasteiger partial charge in [0.25, 0.3) is 0 Å². The summed E-state index contributed by atoms with van der Waals surface area (Å²) >= 11 is 0. The highest BCUT2D eigenvalue weighted by Crippen LogP contribution is 2.28. The Kier molecular flexibility index (Phi) is 7.65. The average molecular weight is 491 g/mol. The second kappa shape index (κ2) is 11.0. The molecule has 10 nitrogen and oxygen atoms in total. The number of allylic oxidation sites excluding steroid dienone is 1. The molecule has 2 heterocycles. The topological polar surface area (TPSA) is 134 Å². The number of amides is 2. The number of aromatic amines is 1. The van der Waals surface area contributed by atoms with Crippen LogP contribution in [0.3, 0.4) is 0 Å². The van der Waals surface area contributed by atoms with Gasteiger partial charge < -0.3 is 30.1 Å². The first-order valence-electron chi connectivity index (χ1n) is 11.6. The third kappa shape index (κ3) is 6.48. The number of ether oxygens (including phenoxy) is 1. The molecule has 3 aromatic rings. The molecule has 0 aliphatic heterocycles.